The number of non-ortho nitro benzene ring substituents is 1. The molecule has 0 spiro atoms. The first-order valence-electron chi connectivity index (χ1n) is 4.52. The molecule has 4 nitrogen and oxygen atoms in total. The van der Waals surface area contributed by atoms with E-state index >= 15 is 0 Å². The average Bonchev–Trinajstić information content (AvgIpc) is 2.17. The molecule has 0 aliphatic heterocycles. The molecule has 0 fully saturated rings. The van der Waals surface area contributed by atoms with E-state index < -0.39 is 4.92 Å². The maximum atomic E-state index is 10.6. The molecule has 1 rings (SSSR count). The van der Waals surface area contributed by atoms with Gasteiger partial charge in [-0.15, -0.1) is 0 Å². The summed E-state index contributed by atoms with van der Waals surface area (Å²) in [4.78, 5) is 10.2. The topological polar surface area (TPSA) is 52.4 Å². The van der Waals surface area contributed by atoms with Crippen LogP contribution in [0.15, 0.2) is 18.2 Å². The summed E-state index contributed by atoms with van der Waals surface area (Å²) in [5.74, 6) is 0.717. The predicted molar refractivity (Wildman–Crippen MR) is 52.6 cm³/mol. The van der Waals surface area contributed by atoms with Gasteiger partial charge in [0, 0.05) is 0 Å². The van der Waals surface area contributed by atoms with E-state index in [0.717, 1.165) is 5.56 Å². The number of nitro benzene ring substituents is 1. The molecule has 1 aromatic carbocycles. The van der Waals surface area contributed by atoms with Crippen LogP contribution < -0.4 is 4.74 Å². The van der Waals surface area contributed by atoms with Gasteiger partial charge in [0.05, 0.1) is 0 Å². The van der Waals surface area contributed by atoms with E-state index in [1.54, 1.807) is 12.1 Å². The molecular weight excluding hydrogens is 283 g/mol. The molecule has 0 bridgehead atoms. The summed E-state index contributed by atoms with van der Waals surface area (Å²) in [6.07, 6.45) is 0.0726. The molecule has 0 heterocycles. The fraction of sp³-hybridized carbons (Fsp3) is 0.400. The molecule has 0 aliphatic carbocycles. The van der Waals surface area contributed by atoms with Crippen molar-refractivity contribution in [1.29, 1.82) is 0 Å². The van der Waals surface area contributed by atoms with E-state index in [1.807, 2.05) is 13.8 Å². The van der Waals surface area contributed by atoms with Gasteiger partial charge >= 0.3 is 98.2 Å². The van der Waals surface area contributed by atoms with Crippen LogP contribution in [0.5, 0.6) is 5.75 Å². The quantitative estimate of drug-likeness (QED) is 0.487. The van der Waals surface area contributed by atoms with Gasteiger partial charge in [0.15, 0.2) is 0 Å². The van der Waals surface area contributed by atoms with Gasteiger partial charge in [0.2, 0.25) is 0 Å². The van der Waals surface area contributed by atoms with E-state index in [1.165, 1.54) is 6.07 Å². The number of nitrogens with zero attached hydrogens (tertiary/aromatic N) is 1. The monoisotopic (exact) mass is 296 g/mol. The minimum atomic E-state index is -0.398. The minimum absolute atomic E-state index is 0.0726. The van der Waals surface area contributed by atoms with E-state index in [-0.39, 0.29) is 11.8 Å². The summed E-state index contributed by atoms with van der Waals surface area (Å²) in [5, 5.41) is 11.2. The van der Waals surface area contributed by atoms with Crippen LogP contribution in [0.4, 0.5) is 5.69 Å². The van der Waals surface area contributed by atoms with Gasteiger partial charge in [-0.1, -0.05) is 0 Å². The standard InChI is InChI=1S/C10H12NO3.Ru/c1-7(2)14-10-5-4-9(11(12)13)6-8(10)3;/h4-7H,3H2,1-2H3;. The molecule has 0 radical (unpaired) electrons. The van der Waals surface area contributed by atoms with Crippen molar-refractivity contribution >= 4 is 5.69 Å². The maximum absolute atomic E-state index is 10.6. The van der Waals surface area contributed by atoms with Crippen LogP contribution >= 0.6 is 0 Å². The Hall–Kier alpha value is -0.957. The molecule has 0 amide bonds. The van der Waals surface area contributed by atoms with E-state index in [2.05, 4.69) is 18.3 Å². The van der Waals surface area contributed by atoms with Crippen molar-refractivity contribution in [3.8, 4) is 5.75 Å². The fourth-order valence-corrected chi connectivity index (χ4v) is 1.63. The first kappa shape index (κ1) is 12.1. The van der Waals surface area contributed by atoms with Gasteiger partial charge in [-0.05, 0) is 0 Å². The summed E-state index contributed by atoms with van der Waals surface area (Å²) in [6.45, 7) is 3.85. The second-order valence-electron chi connectivity index (χ2n) is 3.34. The summed E-state index contributed by atoms with van der Waals surface area (Å²) in [7, 11) is 0. The van der Waals surface area contributed by atoms with Crippen molar-refractivity contribution in [2.75, 3.05) is 0 Å². The molecule has 1 aromatic rings. The fourth-order valence-electron chi connectivity index (χ4n) is 1.15. The Kier molecular flexibility index (Phi) is 4.21. The van der Waals surface area contributed by atoms with E-state index in [0.29, 0.717) is 10.8 Å². The molecule has 0 aromatic heterocycles. The number of ether oxygens (including phenoxy) is 1. The zero-order chi connectivity index (χ0) is 11.4. The van der Waals surface area contributed by atoms with Crippen molar-refractivity contribution in [1.82, 2.24) is 0 Å². The Bertz CT molecular complexity index is 366. The SMILES string of the molecule is CC(C)Oc1ccc([N+](=O)[O-])cc1[CH2][Ru]. The van der Waals surface area contributed by atoms with Crippen LogP contribution in [-0.4, -0.2) is 11.0 Å². The Labute approximate surface area is 98.5 Å². The van der Waals surface area contributed by atoms with Crippen LogP contribution in [0.2, 0.25) is 0 Å². The van der Waals surface area contributed by atoms with Gasteiger partial charge in [0.25, 0.3) is 0 Å². The van der Waals surface area contributed by atoms with Gasteiger partial charge in [0.1, 0.15) is 0 Å². The third kappa shape index (κ3) is 3.27. The molecule has 5 heteroatoms. The zero-order valence-electron chi connectivity index (χ0n) is 8.54. The Morgan fingerprint density at radius 1 is 1.53 bits per heavy atom. The predicted octanol–water partition coefficient (Wildman–Crippen LogP) is 2.43. The normalized spacial score (nSPS) is 10.4. The van der Waals surface area contributed by atoms with Crippen LogP contribution in [-0.2, 0) is 23.3 Å². The van der Waals surface area contributed by atoms with Crippen LogP contribution in [0.1, 0.15) is 19.4 Å². The molecule has 83 valence electrons. The van der Waals surface area contributed by atoms with E-state index in [4.69, 9.17) is 4.74 Å². The Morgan fingerprint density at radius 3 is 2.67 bits per heavy atom. The molecular formula is C10H12NO3Ru. The average molecular weight is 295 g/mol. The van der Waals surface area contributed by atoms with Crippen LogP contribution in [0.3, 0.4) is 0 Å². The van der Waals surface area contributed by atoms with Crippen molar-refractivity contribution in [2.45, 2.75) is 25.0 Å². The third-order valence-corrected chi connectivity index (χ3v) is 2.41. The number of hydrogen-bond acceptors (Lipinski definition) is 3. The number of hydrogen-bond donors (Lipinski definition) is 0. The molecule has 0 N–H and O–H groups in total. The van der Waals surface area contributed by atoms with Crippen molar-refractivity contribution < 1.29 is 28.0 Å². The van der Waals surface area contributed by atoms with Crippen molar-refractivity contribution in [3.05, 3.63) is 33.9 Å². The molecule has 0 saturated carbocycles. The molecule has 0 saturated heterocycles. The summed E-state index contributed by atoms with van der Waals surface area (Å²) < 4.78 is 5.54. The zero-order valence-corrected chi connectivity index (χ0v) is 10.3. The van der Waals surface area contributed by atoms with Crippen molar-refractivity contribution in [2.24, 2.45) is 0 Å². The molecule has 0 aliphatic rings. The number of nitro groups is 1. The third-order valence-electron chi connectivity index (χ3n) is 1.75. The Balaban J connectivity index is 3.03. The number of rotatable bonds is 4. The molecule has 0 atom stereocenters. The van der Waals surface area contributed by atoms with Crippen LogP contribution in [0, 0.1) is 10.1 Å². The molecule has 0 unspecified atom stereocenters. The van der Waals surface area contributed by atoms with Crippen LogP contribution in [0.25, 0.3) is 0 Å². The first-order chi connectivity index (χ1) is 7.04. The molecule has 15 heavy (non-hydrogen) atoms. The van der Waals surface area contributed by atoms with Gasteiger partial charge in [-0.2, -0.15) is 0 Å². The second kappa shape index (κ2) is 5.22. The van der Waals surface area contributed by atoms with Gasteiger partial charge in [-0.3, -0.25) is 0 Å². The summed E-state index contributed by atoms with van der Waals surface area (Å²) in [5.41, 5.74) is 0.945. The number of benzene rings is 1. The summed E-state index contributed by atoms with van der Waals surface area (Å²) in [6, 6.07) is 4.66. The Morgan fingerprint density at radius 2 is 2.20 bits per heavy atom. The first-order valence-corrected chi connectivity index (χ1v) is 5.75. The van der Waals surface area contributed by atoms with Crippen molar-refractivity contribution in [3.63, 3.8) is 0 Å². The summed E-state index contributed by atoms with van der Waals surface area (Å²) >= 11 is 2.45. The van der Waals surface area contributed by atoms with Gasteiger partial charge in [-0.25, -0.2) is 0 Å². The van der Waals surface area contributed by atoms with Gasteiger partial charge < -0.3 is 0 Å². The van der Waals surface area contributed by atoms with E-state index in [9.17, 15) is 10.1 Å². The second-order valence-corrected chi connectivity index (χ2v) is 3.96.